The molecule has 2 aromatic rings. The topological polar surface area (TPSA) is 38.2 Å². The number of alkyl halides is 1. The minimum absolute atomic E-state index is 0.723. The molecule has 0 aliphatic rings. The maximum Gasteiger partial charge on any atom is 0.225 e. The summed E-state index contributed by atoms with van der Waals surface area (Å²) in [4.78, 5) is 10.7. The molecule has 5 heteroatoms. The molecule has 1 heterocycles. The van der Waals surface area contributed by atoms with Crippen molar-refractivity contribution < 1.29 is 4.74 Å². The van der Waals surface area contributed by atoms with Gasteiger partial charge in [-0.25, -0.2) is 9.97 Å². The first-order valence-electron chi connectivity index (χ1n) is 5.94. The molecule has 0 radical (unpaired) electrons. The van der Waals surface area contributed by atoms with Crippen molar-refractivity contribution in [2.24, 2.45) is 0 Å². The van der Waals surface area contributed by atoms with Crippen molar-refractivity contribution in [2.75, 3.05) is 19.1 Å². The molecule has 1 aromatic heterocycles. The van der Waals surface area contributed by atoms with E-state index in [9.17, 15) is 0 Å². The third kappa shape index (κ3) is 3.67. The second-order valence-corrected chi connectivity index (χ2v) is 4.79. The molecule has 100 valence electrons. The first-order chi connectivity index (χ1) is 9.22. The van der Waals surface area contributed by atoms with Crippen molar-refractivity contribution in [3.63, 3.8) is 0 Å². The minimum Gasteiger partial charge on any atom is -0.497 e. The Bertz CT molecular complexity index is 513. The van der Waals surface area contributed by atoms with Crippen molar-refractivity contribution in [3.8, 4) is 5.75 Å². The van der Waals surface area contributed by atoms with E-state index in [2.05, 4.69) is 25.9 Å². The fourth-order valence-corrected chi connectivity index (χ4v) is 1.98. The molecular weight excluding hydrogens is 306 g/mol. The van der Waals surface area contributed by atoms with Gasteiger partial charge in [-0.15, -0.1) is 0 Å². The summed E-state index contributed by atoms with van der Waals surface area (Å²) in [5, 5.41) is 0.773. The van der Waals surface area contributed by atoms with E-state index in [-0.39, 0.29) is 0 Å². The van der Waals surface area contributed by atoms with Gasteiger partial charge in [0.25, 0.3) is 0 Å². The molecular formula is C14H16BrN3O. The second kappa shape index (κ2) is 6.52. The van der Waals surface area contributed by atoms with E-state index in [1.54, 1.807) is 7.11 Å². The molecule has 4 nitrogen and oxygen atoms in total. The van der Waals surface area contributed by atoms with Gasteiger partial charge in [0.1, 0.15) is 5.75 Å². The van der Waals surface area contributed by atoms with Crippen LogP contribution in [0.2, 0.25) is 0 Å². The van der Waals surface area contributed by atoms with Crippen LogP contribution >= 0.6 is 15.9 Å². The molecule has 0 amide bonds. The highest BCUT2D eigenvalue weighted by Crippen LogP contribution is 2.15. The van der Waals surface area contributed by atoms with Gasteiger partial charge in [-0.05, 0) is 23.3 Å². The van der Waals surface area contributed by atoms with Crippen molar-refractivity contribution in [3.05, 3.63) is 47.8 Å². The standard InChI is InChI=1S/C14H16BrN3O/c1-18(14-16-8-12(7-15)9-17-14)10-11-3-5-13(19-2)6-4-11/h3-6,8-9H,7,10H2,1-2H3. The molecule has 0 saturated heterocycles. The predicted octanol–water partition coefficient (Wildman–Crippen LogP) is 3.02. The number of ether oxygens (including phenoxy) is 1. The summed E-state index contributed by atoms with van der Waals surface area (Å²) in [5.74, 6) is 1.59. The van der Waals surface area contributed by atoms with Crippen LogP contribution in [0, 0.1) is 0 Å². The largest absolute Gasteiger partial charge is 0.497 e. The maximum atomic E-state index is 5.14. The molecule has 19 heavy (non-hydrogen) atoms. The van der Waals surface area contributed by atoms with Gasteiger partial charge in [-0.2, -0.15) is 0 Å². The molecule has 0 spiro atoms. The van der Waals surface area contributed by atoms with Gasteiger partial charge in [0, 0.05) is 31.3 Å². The number of halogens is 1. The molecule has 0 aliphatic carbocycles. The molecule has 1 aromatic carbocycles. The van der Waals surface area contributed by atoms with Crippen LogP contribution in [0.5, 0.6) is 5.75 Å². The summed E-state index contributed by atoms with van der Waals surface area (Å²) in [6.45, 7) is 0.762. The van der Waals surface area contributed by atoms with Crippen molar-refractivity contribution in [1.82, 2.24) is 9.97 Å². The number of hydrogen-bond donors (Lipinski definition) is 0. The van der Waals surface area contributed by atoms with E-state index in [4.69, 9.17) is 4.74 Å². The first-order valence-corrected chi connectivity index (χ1v) is 7.06. The molecule has 0 saturated carbocycles. The summed E-state index contributed by atoms with van der Waals surface area (Å²) in [6.07, 6.45) is 3.67. The SMILES string of the molecule is COc1ccc(CN(C)c2ncc(CBr)cn2)cc1. The molecule has 2 rings (SSSR count). The molecule has 0 atom stereocenters. The summed E-state index contributed by atoms with van der Waals surface area (Å²) >= 11 is 3.38. The molecule has 0 fully saturated rings. The highest BCUT2D eigenvalue weighted by Gasteiger charge is 2.05. The average Bonchev–Trinajstić information content (AvgIpc) is 2.48. The van der Waals surface area contributed by atoms with E-state index in [0.29, 0.717) is 0 Å². The van der Waals surface area contributed by atoms with Crippen molar-refractivity contribution in [1.29, 1.82) is 0 Å². The van der Waals surface area contributed by atoms with Crippen LogP contribution in [0.3, 0.4) is 0 Å². The van der Waals surface area contributed by atoms with Crippen LogP contribution < -0.4 is 9.64 Å². The normalized spacial score (nSPS) is 10.3. The summed E-state index contributed by atoms with van der Waals surface area (Å²) < 4.78 is 5.14. The van der Waals surface area contributed by atoms with Crippen LogP contribution in [-0.4, -0.2) is 24.1 Å². The third-order valence-electron chi connectivity index (χ3n) is 2.77. The van der Waals surface area contributed by atoms with Gasteiger partial charge >= 0.3 is 0 Å². The highest BCUT2D eigenvalue weighted by atomic mass is 79.9. The number of hydrogen-bond acceptors (Lipinski definition) is 4. The Kier molecular flexibility index (Phi) is 4.74. The maximum absolute atomic E-state index is 5.14. The zero-order chi connectivity index (χ0) is 13.7. The lowest BCUT2D eigenvalue weighted by Gasteiger charge is -2.17. The van der Waals surface area contributed by atoms with Gasteiger partial charge < -0.3 is 9.64 Å². The fourth-order valence-electron chi connectivity index (χ4n) is 1.69. The molecule has 0 N–H and O–H groups in total. The molecule has 0 unspecified atom stereocenters. The highest BCUT2D eigenvalue weighted by molar-refractivity contribution is 9.08. The summed E-state index contributed by atoms with van der Waals surface area (Å²) in [7, 11) is 3.65. The Hall–Kier alpha value is -1.62. The second-order valence-electron chi connectivity index (χ2n) is 4.23. The quantitative estimate of drug-likeness (QED) is 0.793. The lowest BCUT2D eigenvalue weighted by atomic mass is 10.2. The van der Waals surface area contributed by atoms with Crippen LogP contribution in [0.15, 0.2) is 36.7 Å². The Morgan fingerprint density at radius 3 is 2.26 bits per heavy atom. The van der Waals surface area contributed by atoms with Gasteiger partial charge in [-0.1, -0.05) is 28.1 Å². The average molecular weight is 322 g/mol. The van der Waals surface area contributed by atoms with E-state index in [1.165, 1.54) is 5.56 Å². The van der Waals surface area contributed by atoms with Crippen molar-refractivity contribution in [2.45, 2.75) is 11.9 Å². The summed E-state index contributed by atoms with van der Waals surface area (Å²) in [6, 6.07) is 8.00. The number of rotatable bonds is 5. The number of anilines is 1. The fraction of sp³-hybridized carbons (Fsp3) is 0.286. The van der Waals surface area contributed by atoms with Gasteiger partial charge in [0.2, 0.25) is 5.95 Å². The van der Waals surface area contributed by atoms with Crippen LogP contribution in [0.1, 0.15) is 11.1 Å². The lowest BCUT2D eigenvalue weighted by Crippen LogP contribution is -2.19. The Morgan fingerprint density at radius 1 is 1.11 bits per heavy atom. The van der Waals surface area contributed by atoms with Crippen LogP contribution in [0.4, 0.5) is 5.95 Å². The van der Waals surface area contributed by atoms with Gasteiger partial charge in [0.05, 0.1) is 7.11 Å². The molecule has 0 bridgehead atoms. The smallest absolute Gasteiger partial charge is 0.225 e. The van der Waals surface area contributed by atoms with Gasteiger partial charge in [0.15, 0.2) is 0 Å². The lowest BCUT2D eigenvalue weighted by molar-refractivity contribution is 0.414. The van der Waals surface area contributed by atoms with Crippen LogP contribution in [0.25, 0.3) is 0 Å². The van der Waals surface area contributed by atoms with E-state index < -0.39 is 0 Å². The van der Waals surface area contributed by atoms with E-state index >= 15 is 0 Å². The first kappa shape index (κ1) is 13.8. The zero-order valence-electron chi connectivity index (χ0n) is 11.0. The number of aromatic nitrogens is 2. The minimum atomic E-state index is 0.723. The third-order valence-corrected chi connectivity index (χ3v) is 3.41. The van der Waals surface area contributed by atoms with Gasteiger partial charge in [-0.3, -0.25) is 0 Å². The number of nitrogens with zero attached hydrogens (tertiary/aromatic N) is 3. The van der Waals surface area contributed by atoms with Crippen molar-refractivity contribution >= 4 is 21.9 Å². The van der Waals surface area contributed by atoms with E-state index in [0.717, 1.165) is 29.1 Å². The number of benzene rings is 1. The monoisotopic (exact) mass is 321 g/mol. The molecule has 0 aliphatic heterocycles. The predicted molar refractivity (Wildman–Crippen MR) is 79.8 cm³/mol. The Balaban J connectivity index is 2.04. The Morgan fingerprint density at radius 2 is 1.74 bits per heavy atom. The number of methoxy groups -OCH3 is 1. The zero-order valence-corrected chi connectivity index (χ0v) is 12.6. The van der Waals surface area contributed by atoms with Crippen LogP contribution in [-0.2, 0) is 11.9 Å². The summed E-state index contributed by atoms with van der Waals surface area (Å²) in [5.41, 5.74) is 2.26. The van der Waals surface area contributed by atoms with E-state index in [1.807, 2.05) is 48.6 Å². The Labute approximate surface area is 121 Å².